The number of nitrogens with one attached hydrogen (secondary N) is 2. The Morgan fingerprint density at radius 1 is 1.33 bits per heavy atom. The Hall–Kier alpha value is -1.06. The topological polar surface area (TPSA) is 41.1 Å². The van der Waals surface area contributed by atoms with Gasteiger partial charge in [0, 0.05) is 10.7 Å². The highest BCUT2D eigenvalue weighted by atomic mass is 35.5. The van der Waals surface area contributed by atoms with E-state index in [2.05, 4.69) is 24.5 Å². The van der Waals surface area contributed by atoms with Gasteiger partial charge in [0.25, 0.3) is 0 Å². The average molecular weight is 269 g/mol. The molecule has 1 aromatic rings. The lowest BCUT2D eigenvalue weighted by Crippen LogP contribution is -2.31. The van der Waals surface area contributed by atoms with Gasteiger partial charge in [-0.1, -0.05) is 44.4 Å². The van der Waals surface area contributed by atoms with Crippen LogP contribution in [0.3, 0.4) is 0 Å². The van der Waals surface area contributed by atoms with Crippen molar-refractivity contribution in [1.29, 1.82) is 0 Å². The van der Waals surface area contributed by atoms with E-state index in [-0.39, 0.29) is 5.91 Å². The largest absolute Gasteiger partial charge is 0.325 e. The van der Waals surface area contributed by atoms with Crippen LogP contribution < -0.4 is 10.6 Å². The van der Waals surface area contributed by atoms with Gasteiger partial charge in [-0.2, -0.15) is 0 Å². The minimum absolute atomic E-state index is 0.0387. The summed E-state index contributed by atoms with van der Waals surface area (Å²) in [4.78, 5) is 11.7. The van der Waals surface area contributed by atoms with Gasteiger partial charge in [0.15, 0.2) is 0 Å². The summed E-state index contributed by atoms with van der Waals surface area (Å²) in [6.07, 6.45) is 2.28. The molecule has 0 spiro atoms. The lowest BCUT2D eigenvalue weighted by atomic mass is 10.0. The molecular formula is C14H21ClN2O. The molecule has 0 aromatic heterocycles. The first-order chi connectivity index (χ1) is 8.65. The summed E-state index contributed by atoms with van der Waals surface area (Å²) in [5, 5.41) is 6.61. The Labute approximate surface area is 114 Å². The molecule has 2 N–H and O–H groups in total. The molecular weight excluding hydrogens is 248 g/mol. The second-order valence-corrected chi connectivity index (χ2v) is 4.81. The Morgan fingerprint density at radius 2 is 2.06 bits per heavy atom. The van der Waals surface area contributed by atoms with Gasteiger partial charge in [-0.15, -0.1) is 0 Å². The molecule has 0 bridgehead atoms. The maximum atomic E-state index is 11.7. The van der Waals surface area contributed by atoms with E-state index in [0.717, 1.165) is 25.1 Å². The van der Waals surface area contributed by atoms with E-state index >= 15 is 0 Å². The molecule has 0 heterocycles. The van der Waals surface area contributed by atoms with Gasteiger partial charge in [0.2, 0.25) is 5.91 Å². The SMILES string of the molecule is CCC(CC)CNCC(=O)Nc1cccc(Cl)c1. The summed E-state index contributed by atoms with van der Waals surface area (Å²) >= 11 is 5.84. The minimum atomic E-state index is -0.0387. The van der Waals surface area contributed by atoms with Crippen LogP contribution >= 0.6 is 11.6 Å². The molecule has 0 unspecified atom stereocenters. The number of hydrogen-bond donors (Lipinski definition) is 2. The maximum Gasteiger partial charge on any atom is 0.238 e. The smallest absolute Gasteiger partial charge is 0.238 e. The molecule has 0 radical (unpaired) electrons. The van der Waals surface area contributed by atoms with Crippen molar-refractivity contribution in [3.05, 3.63) is 29.3 Å². The van der Waals surface area contributed by atoms with Gasteiger partial charge >= 0.3 is 0 Å². The molecule has 0 aliphatic rings. The standard InChI is InChI=1S/C14H21ClN2O/c1-3-11(4-2)9-16-10-14(18)17-13-7-5-6-12(15)8-13/h5-8,11,16H,3-4,9-10H2,1-2H3,(H,17,18). The molecule has 1 amide bonds. The van der Waals surface area contributed by atoms with Crippen molar-refractivity contribution in [2.75, 3.05) is 18.4 Å². The predicted molar refractivity (Wildman–Crippen MR) is 77.0 cm³/mol. The highest BCUT2D eigenvalue weighted by Crippen LogP contribution is 2.14. The van der Waals surface area contributed by atoms with Crippen LogP contribution in [-0.2, 0) is 4.79 Å². The van der Waals surface area contributed by atoms with Gasteiger partial charge in [-0.05, 0) is 30.7 Å². The fraction of sp³-hybridized carbons (Fsp3) is 0.500. The lowest BCUT2D eigenvalue weighted by Gasteiger charge is -2.13. The van der Waals surface area contributed by atoms with E-state index in [4.69, 9.17) is 11.6 Å². The zero-order chi connectivity index (χ0) is 13.4. The fourth-order valence-corrected chi connectivity index (χ4v) is 1.93. The number of rotatable bonds is 7. The monoisotopic (exact) mass is 268 g/mol. The van der Waals surface area contributed by atoms with Crippen LogP contribution in [0.2, 0.25) is 5.02 Å². The number of hydrogen-bond acceptors (Lipinski definition) is 2. The summed E-state index contributed by atoms with van der Waals surface area (Å²) in [6, 6.07) is 7.16. The Kier molecular flexibility index (Phi) is 6.76. The van der Waals surface area contributed by atoms with Crippen molar-refractivity contribution in [3.63, 3.8) is 0 Å². The van der Waals surface area contributed by atoms with Gasteiger partial charge in [-0.3, -0.25) is 4.79 Å². The van der Waals surface area contributed by atoms with E-state index in [1.165, 1.54) is 0 Å². The molecule has 4 heteroatoms. The lowest BCUT2D eigenvalue weighted by molar-refractivity contribution is -0.115. The van der Waals surface area contributed by atoms with Crippen molar-refractivity contribution in [2.24, 2.45) is 5.92 Å². The Balaban J connectivity index is 2.29. The van der Waals surface area contributed by atoms with E-state index in [9.17, 15) is 4.79 Å². The van der Waals surface area contributed by atoms with Crippen LogP contribution in [0.1, 0.15) is 26.7 Å². The fourth-order valence-electron chi connectivity index (χ4n) is 1.74. The van der Waals surface area contributed by atoms with Gasteiger partial charge in [0.05, 0.1) is 6.54 Å². The number of halogens is 1. The summed E-state index contributed by atoms with van der Waals surface area (Å²) in [5.74, 6) is 0.604. The van der Waals surface area contributed by atoms with Crippen LogP contribution in [0.15, 0.2) is 24.3 Å². The predicted octanol–water partition coefficient (Wildman–Crippen LogP) is 3.30. The van der Waals surface area contributed by atoms with Crippen LogP contribution in [0.4, 0.5) is 5.69 Å². The van der Waals surface area contributed by atoms with Crippen molar-refractivity contribution in [3.8, 4) is 0 Å². The van der Waals surface area contributed by atoms with Crippen molar-refractivity contribution >= 4 is 23.2 Å². The third kappa shape index (κ3) is 5.52. The first kappa shape index (κ1) is 15.0. The van der Waals surface area contributed by atoms with Crippen molar-refractivity contribution < 1.29 is 4.79 Å². The summed E-state index contributed by atoms with van der Waals surface area (Å²) < 4.78 is 0. The average Bonchev–Trinajstić information content (AvgIpc) is 2.34. The maximum absolute atomic E-state index is 11.7. The Morgan fingerprint density at radius 3 is 2.67 bits per heavy atom. The zero-order valence-electron chi connectivity index (χ0n) is 11.0. The van der Waals surface area contributed by atoms with Gasteiger partial charge in [-0.25, -0.2) is 0 Å². The molecule has 1 aromatic carbocycles. The van der Waals surface area contributed by atoms with E-state index in [0.29, 0.717) is 17.5 Å². The molecule has 18 heavy (non-hydrogen) atoms. The zero-order valence-corrected chi connectivity index (χ0v) is 11.8. The number of carbonyl (C=O) groups is 1. The first-order valence-electron chi connectivity index (χ1n) is 6.41. The highest BCUT2D eigenvalue weighted by Gasteiger charge is 2.05. The first-order valence-corrected chi connectivity index (χ1v) is 6.79. The number of anilines is 1. The molecule has 3 nitrogen and oxygen atoms in total. The summed E-state index contributed by atoms with van der Waals surface area (Å²) in [7, 11) is 0. The Bertz CT molecular complexity index is 378. The number of carbonyl (C=O) groups excluding carboxylic acids is 1. The minimum Gasteiger partial charge on any atom is -0.325 e. The third-order valence-electron chi connectivity index (χ3n) is 2.98. The van der Waals surface area contributed by atoms with Crippen molar-refractivity contribution in [1.82, 2.24) is 5.32 Å². The van der Waals surface area contributed by atoms with Crippen LogP contribution in [0.25, 0.3) is 0 Å². The van der Waals surface area contributed by atoms with Gasteiger partial charge in [0.1, 0.15) is 0 Å². The molecule has 0 saturated carbocycles. The van der Waals surface area contributed by atoms with E-state index in [1.807, 2.05) is 12.1 Å². The molecule has 0 aliphatic carbocycles. The molecule has 1 rings (SSSR count). The normalized spacial score (nSPS) is 10.7. The number of amides is 1. The number of benzene rings is 1. The van der Waals surface area contributed by atoms with Crippen molar-refractivity contribution in [2.45, 2.75) is 26.7 Å². The second-order valence-electron chi connectivity index (χ2n) is 4.37. The second kappa shape index (κ2) is 8.11. The van der Waals surface area contributed by atoms with Crippen LogP contribution in [-0.4, -0.2) is 19.0 Å². The third-order valence-corrected chi connectivity index (χ3v) is 3.22. The van der Waals surface area contributed by atoms with E-state index in [1.54, 1.807) is 12.1 Å². The molecule has 0 fully saturated rings. The van der Waals surface area contributed by atoms with Gasteiger partial charge < -0.3 is 10.6 Å². The summed E-state index contributed by atoms with van der Waals surface area (Å²) in [5.41, 5.74) is 0.733. The summed E-state index contributed by atoms with van der Waals surface area (Å²) in [6.45, 7) is 5.56. The highest BCUT2D eigenvalue weighted by molar-refractivity contribution is 6.30. The molecule has 100 valence electrons. The molecule has 0 atom stereocenters. The molecule has 0 saturated heterocycles. The quantitative estimate of drug-likeness (QED) is 0.797. The molecule has 0 aliphatic heterocycles. The van der Waals surface area contributed by atoms with Crippen LogP contribution in [0, 0.1) is 5.92 Å². The van der Waals surface area contributed by atoms with Crippen LogP contribution in [0.5, 0.6) is 0 Å². The van der Waals surface area contributed by atoms with E-state index < -0.39 is 0 Å².